The Balaban J connectivity index is 1.75. The maximum atomic E-state index is 5.94. The molecular formula is C12H16ClN3S. The Hall–Kier alpha value is -0.840. The molecule has 2 rings (SSSR count). The molecule has 0 spiro atoms. The van der Waals surface area contributed by atoms with Gasteiger partial charge in [-0.2, -0.15) is 5.10 Å². The van der Waals surface area contributed by atoms with Crippen LogP contribution >= 0.6 is 22.9 Å². The predicted octanol–water partition coefficient (Wildman–Crippen LogP) is 3.00. The summed E-state index contributed by atoms with van der Waals surface area (Å²) >= 11 is 7.74. The van der Waals surface area contributed by atoms with E-state index in [1.54, 1.807) is 11.3 Å². The highest BCUT2D eigenvalue weighted by Crippen LogP contribution is 2.14. The van der Waals surface area contributed by atoms with Crippen LogP contribution in [0.1, 0.15) is 16.1 Å². The standard InChI is InChI=1S/C12H16ClN3S/c1-9-3-6-17-12(9)7-14-4-5-16-8-11(13)10(2)15-16/h3,6,8,14H,4-5,7H2,1-2H3. The van der Waals surface area contributed by atoms with Crippen molar-refractivity contribution in [3.05, 3.63) is 38.8 Å². The van der Waals surface area contributed by atoms with E-state index >= 15 is 0 Å². The van der Waals surface area contributed by atoms with Gasteiger partial charge in [0.2, 0.25) is 0 Å². The number of nitrogens with one attached hydrogen (secondary N) is 1. The van der Waals surface area contributed by atoms with Gasteiger partial charge in [-0.25, -0.2) is 0 Å². The highest BCUT2D eigenvalue weighted by Gasteiger charge is 2.02. The molecule has 2 aromatic rings. The molecule has 0 fully saturated rings. The zero-order valence-corrected chi connectivity index (χ0v) is 11.6. The van der Waals surface area contributed by atoms with Crippen molar-refractivity contribution in [1.82, 2.24) is 15.1 Å². The molecule has 1 N–H and O–H groups in total. The normalized spacial score (nSPS) is 11.0. The SMILES string of the molecule is Cc1ccsc1CNCCn1cc(Cl)c(C)n1. The first-order valence-corrected chi connectivity index (χ1v) is 6.86. The van der Waals surface area contributed by atoms with E-state index in [9.17, 15) is 0 Å². The first-order valence-electron chi connectivity index (χ1n) is 5.60. The van der Waals surface area contributed by atoms with Crippen LogP contribution in [0.15, 0.2) is 17.6 Å². The molecule has 5 heteroatoms. The third kappa shape index (κ3) is 3.31. The maximum Gasteiger partial charge on any atom is 0.0814 e. The Labute approximate surface area is 110 Å². The molecule has 0 aliphatic heterocycles. The van der Waals surface area contributed by atoms with Crippen LogP contribution in [0.5, 0.6) is 0 Å². The van der Waals surface area contributed by atoms with Crippen molar-refractivity contribution in [2.24, 2.45) is 0 Å². The summed E-state index contributed by atoms with van der Waals surface area (Å²) in [5.74, 6) is 0. The lowest BCUT2D eigenvalue weighted by Crippen LogP contribution is -2.19. The van der Waals surface area contributed by atoms with E-state index in [-0.39, 0.29) is 0 Å². The number of hydrogen-bond donors (Lipinski definition) is 1. The van der Waals surface area contributed by atoms with Gasteiger partial charge in [0, 0.05) is 24.2 Å². The third-order valence-electron chi connectivity index (χ3n) is 2.66. The van der Waals surface area contributed by atoms with E-state index in [1.807, 2.05) is 17.8 Å². The van der Waals surface area contributed by atoms with Gasteiger partial charge in [0.1, 0.15) is 0 Å². The van der Waals surface area contributed by atoms with Crippen molar-refractivity contribution >= 4 is 22.9 Å². The van der Waals surface area contributed by atoms with Crippen LogP contribution in [0.2, 0.25) is 5.02 Å². The molecule has 0 atom stereocenters. The molecule has 0 aliphatic rings. The lowest BCUT2D eigenvalue weighted by atomic mass is 10.3. The van der Waals surface area contributed by atoms with Gasteiger partial charge in [-0.05, 0) is 30.9 Å². The smallest absolute Gasteiger partial charge is 0.0814 e. The minimum atomic E-state index is 0.735. The number of halogens is 1. The molecule has 17 heavy (non-hydrogen) atoms. The number of rotatable bonds is 5. The lowest BCUT2D eigenvalue weighted by molar-refractivity contribution is 0.553. The van der Waals surface area contributed by atoms with Crippen LogP contribution in [0.25, 0.3) is 0 Å². The molecule has 0 amide bonds. The predicted molar refractivity (Wildman–Crippen MR) is 72.7 cm³/mol. The first kappa shape index (κ1) is 12.6. The molecule has 3 nitrogen and oxygen atoms in total. The molecular weight excluding hydrogens is 254 g/mol. The van der Waals surface area contributed by atoms with Gasteiger partial charge in [-0.3, -0.25) is 4.68 Å². The van der Waals surface area contributed by atoms with Crippen molar-refractivity contribution in [1.29, 1.82) is 0 Å². The van der Waals surface area contributed by atoms with Crippen molar-refractivity contribution in [2.75, 3.05) is 6.54 Å². The van der Waals surface area contributed by atoms with E-state index in [0.29, 0.717) is 0 Å². The van der Waals surface area contributed by atoms with Gasteiger partial charge in [0.25, 0.3) is 0 Å². The second-order valence-corrected chi connectivity index (χ2v) is 5.44. The van der Waals surface area contributed by atoms with Gasteiger partial charge in [0.15, 0.2) is 0 Å². The summed E-state index contributed by atoms with van der Waals surface area (Å²) in [6, 6.07) is 2.15. The molecule has 0 aliphatic carbocycles. The first-order chi connectivity index (χ1) is 8.16. The maximum absolute atomic E-state index is 5.94. The molecule has 0 saturated carbocycles. The van der Waals surface area contributed by atoms with Gasteiger partial charge in [0.05, 0.1) is 17.3 Å². The van der Waals surface area contributed by atoms with Crippen molar-refractivity contribution in [3.8, 4) is 0 Å². The van der Waals surface area contributed by atoms with E-state index < -0.39 is 0 Å². The highest BCUT2D eigenvalue weighted by atomic mass is 35.5. The molecule has 0 saturated heterocycles. The third-order valence-corrected chi connectivity index (χ3v) is 4.05. The topological polar surface area (TPSA) is 29.9 Å². The molecule has 0 radical (unpaired) electrons. The Morgan fingerprint density at radius 2 is 2.29 bits per heavy atom. The Morgan fingerprint density at radius 1 is 1.47 bits per heavy atom. The van der Waals surface area contributed by atoms with Crippen molar-refractivity contribution in [2.45, 2.75) is 26.9 Å². The van der Waals surface area contributed by atoms with E-state index in [2.05, 4.69) is 28.8 Å². The van der Waals surface area contributed by atoms with E-state index in [1.165, 1.54) is 10.4 Å². The zero-order chi connectivity index (χ0) is 12.3. The summed E-state index contributed by atoms with van der Waals surface area (Å²) in [7, 11) is 0. The Kier molecular flexibility index (Phi) is 4.20. The second kappa shape index (κ2) is 5.67. The summed E-state index contributed by atoms with van der Waals surface area (Å²) in [5, 5.41) is 10.6. The van der Waals surface area contributed by atoms with Crippen LogP contribution in [0.3, 0.4) is 0 Å². The van der Waals surface area contributed by atoms with Crippen molar-refractivity contribution in [3.63, 3.8) is 0 Å². The van der Waals surface area contributed by atoms with Crippen LogP contribution < -0.4 is 5.32 Å². The quantitative estimate of drug-likeness (QED) is 0.846. The lowest BCUT2D eigenvalue weighted by Gasteiger charge is -2.04. The fourth-order valence-electron chi connectivity index (χ4n) is 1.59. The molecule has 0 bridgehead atoms. The second-order valence-electron chi connectivity index (χ2n) is 4.03. The van der Waals surface area contributed by atoms with Crippen LogP contribution in [0.4, 0.5) is 0 Å². The zero-order valence-electron chi connectivity index (χ0n) is 10.0. The number of hydrogen-bond acceptors (Lipinski definition) is 3. The highest BCUT2D eigenvalue weighted by molar-refractivity contribution is 7.10. The Bertz CT molecular complexity index is 470. The van der Waals surface area contributed by atoms with Crippen molar-refractivity contribution < 1.29 is 0 Å². The minimum Gasteiger partial charge on any atom is -0.310 e. The molecule has 2 heterocycles. The Morgan fingerprint density at radius 3 is 2.88 bits per heavy atom. The summed E-state index contributed by atoms with van der Waals surface area (Å²) < 4.78 is 1.88. The van der Waals surface area contributed by atoms with Crippen LogP contribution in [-0.2, 0) is 13.1 Å². The largest absolute Gasteiger partial charge is 0.310 e. The average Bonchev–Trinajstić information content (AvgIpc) is 2.82. The molecule has 0 unspecified atom stereocenters. The summed E-state index contributed by atoms with van der Waals surface area (Å²) in [4.78, 5) is 1.40. The summed E-state index contributed by atoms with van der Waals surface area (Å²) in [5.41, 5.74) is 2.25. The fourth-order valence-corrected chi connectivity index (χ4v) is 2.62. The monoisotopic (exact) mass is 269 g/mol. The number of aromatic nitrogens is 2. The van der Waals surface area contributed by atoms with Gasteiger partial charge in [-0.1, -0.05) is 11.6 Å². The number of thiophene rings is 1. The number of aryl methyl sites for hydroxylation is 2. The van der Waals surface area contributed by atoms with Gasteiger partial charge < -0.3 is 5.32 Å². The molecule has 92 valence electrons. The van der Waals surface area contributed by atoms with Crippen LogP contribution in [0, 0.1) is 13.8 Å². The number of nitrogens with zero attached hydrogens (tertiary/aromatic N) is 2. The van der Waals surface area contributed by atoms with Gasteiger partial charge >= 0.3 is 0 Å². The fraction of sp³-hybridized carbons (Fsp3) is 0.417. The average molecular weight is 270 g/mol. The summed E-state index contributed by atoms with van der Waals surface area (Å²) in [6.07, 6.45) is 1.87. The molecule has 0 aromatic carbocycles. The van der Waals surface area contributed by atoms with Gasteiger partial charge in [-0.15, -0.1) is 11.3 Å². The van der Waals surface area contributed by atoms with E-state index in [4.69, 9.17) is 11.6 Å². The molecule has 2 aromatic heterocycles. The minimum absolute atomic E-state index is 0.735. The van der Waals surface area contributed by atoms with Crippen LogP contribution in [-0.4, -0.2) is 16.3 Å². The van der Waals surface area contributed by atoms with E-state index in [0.717, 1.165) is 30.4 Å². The summed E-state index contributed by atoms with van der Waals surface area (Å²) in [6.45, 7) is 6.73.